The number of aliphatic hydroxyl groups is 2. The van der Waals surface area contributed by atoms with Crippen molar-refractivity contribution in [3.05, 3.63) is 16.3 Å². The highest BCUT2D eigenvalue weighted by Gasteiger charge is 2.32. The van der Waals surface area contributed by atoms with Gasteiger partial charge in [0.05, 0.1) is 18.8 Å². The molecule has 1 aromatic rings. The van der Waals surface area contributed by atoms with E-state index in [1.165, 1.54) is 12.3 Å². The van der Waals surface area contributed by atoms with Crippen LogP contribution in [0.3, 0.4) is 0 Å². The summed E-state index contributed by atoms with van der Waals surface area (Å²) in [7, 11) is -4.11. The van der Waals surface area contributed by atoms with Crippen molar-refractivity contribution < 1.29 is 28.5 Å². The second kappa shape index (κ2) is 5.33. The van der Waals surface area contributed by atoms with Crippen LogP contribution in [0.1, 0.15) is 16.6 Å². The van der Waals surface area contributed by atoms with Crippen LogP contribution in [0.25, 0.3) is 0 Å². The maximum Gasteiger partial charge on any atom is 0.347 e. The van der Waals surface area contributed by atoms with Gasteiger partial charge in [-0.15, -0.1) is 11.3 Å². The van der Waals surface area contributed by atoms with Crippen molar-refractivity contribution in [2.75, 3.05) is 13.2 Å². The fourth-order valence-corrected chi connectivity index (χ4v) is 3.81. The van der Waals surface area contributed by atoms with Gasteiger partial charge in [0, 0.05) is 0 Å². The Balaban J connectivity index is 3.15. The van der Waals surface area contributed by atoms with Gasteiger partial charge >= 0.3 is 5.97 Å². The monoisotopic (exact) mass is 295 g/mol. The molecule has 0 saturated carbocycles. The number of carboxylic acid groups (broad SMARTS) is 1. The molecular formula is C9H13NO6S2. The van der Waals surface area contributed by atoms with Crippen LogP contribution in [-0.2, 0) is 10.0 Å². The highest BCUT2D eigenvalue weighted by atomic mass is 32.2. The molecule has 0 bridgehead atoms. The summed E-state index contributed by atoms with van der Waals surface area (Å²) in [6, 6.07) is 1.16. The van der Waals surface area contributed by atoms with Crippen molar-refractivity contribution in [2.24, 2.45) is 0 Å². The molecule has 0 atom stereocenters. The van der Waals surface area contributed by atoms with Gasteiger partial charge in [0.25, 0.3) is 0 Å². The number of aliphatic hydroxyl groups excluding tert-OH is 2. The van der Waals surface area contributed by atoms with E-state index >= 15 is 0 Å². The number of aromatic carboxylic acids is 1. The van der Waals surface area contributed by atoms with E-state index in [1.807, 2.05) is 0 Å². The Kier molecular flexibility index (Phi) is 4.46. The molecule has 1 rings (SSSR count). The molecule has 1 heterocycles. The number of sulfonamides is 1. The standard InChI is InChI=1S/C9H13NO6S2/c1-9(4-11,5-12)10-18(15,16)6-2-3-17-7(6)8(13)14/h2-3,10-12H,4-5H2,1H3,(H,13,14). The fraction of sp³-hybridized carbons (Fsp3) is 0.444. The summed E-state index contributed by atoms with van der Waals surface area (Å²) in [6.45, 7) is 0.0713. The third kappa shape index (κ3) is 3.06. The van der Waals surface area contributed by atoms with Crippen molar-refractivity contribution in [2.45, 2.75) is 17.4 Å². The first-order valence-corrected chi connectivity index (χ1v) is 7.18. The number of hydrogen-bond acceptors (Lipinski definition) is 6. The molecular weight excluding hydrogens is 282 g/mol. The molecule has 4 N–H and O–H groups in total. The molecule has 0 aromatic carbocycles. The third-order valence-corrected chi connectivity index (χ3v) is 4.90. The Morgan fingerprint density at radius 1 is 1.44 bits per heavy atom. The van der Waals surface area contributed by atoms with Crippen molar-refractivity contribution in [1.29, 1.82) is 0 Å². The highest BCUT2D eigenvalue weighted by Crippen LogP contribution is 2.23. The maximum atomic E-state index is 12.0. The van der Waals surface area contributed by atoms with E-state index in [-0.39, 0.29) is 9.77 Å². The van der Waals surface area contributed by atoms with Crippen molar-refractivity contribution in [3.8, 4) is 0 Å². The Hall–Kier alpha value is -1.00. The molecule has 0 fully saturated rings. The van der Waals surface area contributed by atoms with E-state index in [1.54, 1.807) is 0 Å². The quantitative estimate of drug-likeness (QED) is 0.559. The topological polar surface area (TPSA) is 124 Å². The second-order valence-corrected chi connectivity index (χ2v) is 6.47. The van der Waals surface area contributed by atoms with Gasteiger partial charge in [0.15, 0.2) is 0 Å². The molecule has 0 unspecified atom stereocenters. The lowest BCUT2D eigenvalue weighted by Gasteiger charge is -2.25. The van der Waals surface area contributed by atoms with Crippen LogP contribution in [0.5, 0.6) is 0 Å². The average Bonchev–Trinajstić information content (AvgIpc) is 2.78. The number of nitrogens with one attached hydrogen (secondary N) is 1. The third-order valence-electron chi connectivity index (χ3n) is 2.19. The summed E-state index contributed by atoms with van der Waals surface area (Å²) in [4.78, 5) is 10.2. The summed E-state index contributed by atoms with van der Waals surface area (Å²) in [6.07, 6.45) is 0. The van der Waals surface area contributed by atoms with Crippen molar-refractivity contribution in [3.63, 3.8) is 0 Å². The van der Waals surface area contributed by atoms with Crippen molar-refractivity contribution in [1.82, 2.24) is 4.72 Å². The lowest BCUT2D eigenvalue weighted by Crippen LogP contribution is -2.51. The molecule has 0 spiro atoms. The first kappa shape index (κ1) is 15.1. The molecule has 7 nitrogen and oxygen atoms in total. The van der Waals surface area contributed by atoms with Gasteiger partial charge in [-0.25, -0.2) is 17.9 Å². The van der Waals surface area contributed by atoms with Crippen LogP contribution in [0.2, 0.25) is 0 Å². The van der Waals surface area contributed by atoms with Gasteiger partial charge in [-0.2, -0.15) is 0 Å². The van der Waals surface area contributed by atoms with Gasteiger partial charge in [-0.05, 0) is 18.4 Å². The summed E-state index contributed by atoms with van der Waals surface area (Å²) in [5, 5.41) is 28.2. The zero-order chi connectivity index (χ0) is 14.0. The van der Waals surface area contributed by atoms with Gasteiger partial charge in [-0.3, -0.25) is 0 Å². The van der Waals surface area contributed by atoms with E-state index in [0.717, 1.165) is 17.4 Å². The normalized spacial score (nSPS) is 12.6. The molecule has 0 aliphatic heterocycles. The average molecular weight is 295 g/mol. The van der Waals surface area contributed by atoms with E-state index in [2.05, 4.69) is 4.72 Å². The summed E-state index contributed by atoms with van der Waals surface area (Å²) in [5.74, 6) is -1.35. The zero-order valence-corrected chi connectivity index (χ0v) is 11.1. The summed E-state index contributed by atoms with van der Waals surface area (Å²) in [5.41, 5.74) is -1.45. The molecule has 0 aliphatic carbocycles. The lowest BCUT2D eigenvalue weighted by atomic mass is 10.1. The highest BCUT2D eigenvalue weighted by molar-refractivity contribution is 7.89. The van der Waals surface area contributed by atoms with E-state index in [0.29, 0.717) is 0 Å². The first-order valence-electron chi connectivity index (χ1n) is 4.82. The second-order valence-electron chi connectivity index (χ2n) is 3.90. The fourth-order valence-electron chi connectivity index (χ4n) is 1.16. The predicted octanol–water partition coefficient (Wildman–Crippen LogP) is -0.532. The minimum Gasteiger partial charge on any atom is -0.477 e. The van der Waals surface area contributed by atoms with Gasteiger partial charge in [-0.1, -0.05) is 0 Å². The van der Waals surface area contributed by atoms with Gasteiger partial charge < -0.3 is 15.3 Å². The molecule has 0 amide bonds. The van der Waals surface area contributed by atoms with Crippen LogP contribution in [0, 0.1) is 0 Å². The Labute approximate surface area is 108 Å². The lowest BCUT2D eigenvalue weighted by molar-refractivity contribution is 0.0698. The molecule has 0 radical (unpaired) electrons. The smallest absolute Gasteiger partial charge is 0.347 e. The Morgan fingerprint density at radius 3 is 2.44 bits per heavy atom. The van der Waals surface area contributed by atoms with E-state index in [4.69, 9.17) is 15.3 Å². The first-order chi connectivity index (χ1) is 8.25. The number of rotatable bonds is 6. The Bertz CT molecular complexity index is 531. The summed E-state index contributed by atoms with van der Waals surface area (Å²) < 4.78 is 26.0. The van der Waals surface area contributed by atoms with Crippen LogP contribution < -0.4 is 4.72 Å². The van der Waals surface area contributed by atoms with E-state index < -0.39 is 34.7 Å². The molecule has 0 aliphatic rings. The van der Waals surface area contributed by atoms with Crippen LogP contribution in [0.15, 0.2) is 16.3 Å². The van der Waals surface area contributed by atoms with Gasteiger partial charge in [0.1, 0.15) is 9.77 Å². The minimum absolute atomic E-state index is 0.319. The molecule has 9 heteroatoms. The van der Waals surface area contributed by atoms with Gasteiger partial charge in [0.2, 0.25) is 10.0 Å². The SMILES string of the molecule is CC(CO)(CO)NS(=O)(=O)c1ccsc1C(=O)O. The molecule has 102 valence electrons. The van der Waals surface area contributed by atoms with Crippen molar-refractivity contribution >= 4 is 27.3 Å². The molecule has 18 heavy (non-hydrogen) atoms. The number of thiophene rings is 1. The number of hydrogen-bond donors (Lipinski definition) is 4. The number of carbonyl (C=O) groups is 1. The Morgan fingerprint density at radius 2 is 2.00 bits per heavy atom. The largest absolute Gasteiger partial charge is 0.477 e. The zero-order valence-electron chi connectivity index (χ0n) is 9.45. The van der Waals surface area contributed by atoms with Crippen LogP contribution in [0.4, 0.5) is 0 Å². The molecule has 0 saturated heterocycles. The number of carboxylic acids is 1. The van der Waals surface area contributed by atoms with Crippen LogP contribution >= 0.6 is 11.3 Å². The van der Waals surface area contributed by atoms with E-state index in [9.17, 15) is 13.2 Å². The summed E-state index contributed by atoms with van der Waals surface area (Å²) >= 11 is 0.782. The molecule has 1 aromatic heterocycles. The maximum absolute atomic E-state index is 12.0. The van der Waals surface area contributed by atoms with Crippen LogP contribution in [-0.4, -0.2) is 48.5 Å². The minimum atomic E-state index is -4.11. The predicted molar refractivity (Wildman–Crippen MR) is 64.2 cm³/mol.